The minimum Gasteiger partial charge on any atom is -0.368 e. The lowest BCUT2D eigenvalue weighted by Gasteiger charge is -2.34. The van der Waals surface area contributed by atoms with Crippen molar-refractivity contribution in [2.24, 2.45) is 0 Å². The Balaban J connectivity index is 1.77. The Kier molecular flexibility index (Phi) is 3.19. The summed E-state index contributed by atoms with van der Waals surface area (Å²) in [5.41, 5.74) is 2.13. The molecule has 2 aromatic rings. The third-order valence-corrected chi connectivity index (χ3v) is 3.10. The third kappa shape index (κ3) is 2.33. The first-order valence-electron chi connectivity index (χ1n) is 6.11. The number of hydrogen-bond donors (Lipinski definition) is 0. The number of anilines is 1. The second-order valence-electron chi connectivity index (χ2n) is 4.27. The Morgan fingerprint density at radius 1 is 1.17 bits per heavy atom. The highest BCUT2D eigenvalue weighted by Gasteiger charge is 2.22. The monoisotopic (exact) mass is 241 g/mol. The van der Waals surface area contributed by atoms with E-state index in [-0.39, 0.29) is 6.10 Å². The van der Waals surface area contributed by atoms with Gasteiger partial charge in [0.1, 0.15) is 6.10 Å². The van der Waals surface area contributed by atoms with Gasteiger partial charge in [0, 0.05) is 18.9 Å². The number of morpholine rings is 1. The summed E-state index contributed by atoms with van der Waals surface area (Å²) in [4.78, 5) is 10.8. The topological polar surface area (TPSA) is 38.2 Å². The zero-order valence-electron chi connectivity index (χ0n) is 10.1. The van der Waals surface area contributed by atoms with Crippen LogP contribution >= 0.6 is 0 Å². The molecule has 0 N–H and O–H groups in total. The van der Waals surface area contributed by atoms with Crippen molar-refractivity contribution in [2.75, 3.05) is 24.6 Å². The summed E-state index contributed by atoms with van der Waals surface area (Å²) in [6, 6.07) is 9.96. The van der Waals surface area contributed by atoms with E-state index in [4.69, 9.17) is 4.74 Å². The van der Waals surface area contributed by atoms with Crippen LogP contribution in [0.4, 0.5) is 5.69 Å². The molecule has 3 heterocycles. The van der Waals surface area contributed by atoms with Crippen molar-refractivity contribution in [2.45, 2.75) is 6.10 Å². The summed E-state index contributed by atoms with van der Waals surface area (Å²) < 4.78 is 5.79. The summed E-state index contributed by atoms with van der Waals surface area (Å²) >= 11 is 0. The fourth-order valence-electron chi connectivity index (χ4n) is 2.17. The van der Waals surface area contributed by atoms with Crippen molar-refractivity contribution in [3.63, 3.8) is 0 Å². The Labute approximate surface area is 106 Å². The maximum atomic E-state index is 5.79. The fraction of sp³-hybridized carbons (Fsp3) is 0.286. The fourth-order valence-corrected chi connectivity index (χ4v) is 2.17. The predicted molar refractivity (Wildman–Crippen MR) is 69.4 cm³/mol. The van der Waals surface area contributed by atoms with Crippen molar-refractivity contribution in [3.05, 3.63) is 54.6 Å². The van der Waals surface area contributed by atoms with Crippen LogP contribution in [-0.2, 0) is 4.74 Å². The lowest BCUT2D eigenvalue weighted by Crippen LogP contribution is -2.38. The summed E-state index contributed by atoms with van der Waals surface area (Å²) in [7, 11) is 0. The number of rotatable bonds is 2. The van der Waals surface area contributed by atoms with Gasteiger partial charge in [-0.25, -0.2) is 0 Å². The Hall–Kier alpha value is -1.94. The van der Waals surface area contributed by atoms with E-state index in [1.165, 1.54) is 0 Å². The Bertz CT molecular complexity index is 443. The van der Waals surface area contributed by atoms with Crippen molar-refractivity contribution < 1.29 is 4.74 Å². The molecule has 0 aliphatic carbocycles. The van der Waals surface area contributed by atoms with E-state index in [2.05, 4.69) is 20.9 Å². The molecule has 0 spiro atoms. The van der Waals surface area contributed by atoms with E-state index in [0.29, 0.717) is 0 Å². The normalized spacial score (nSPS) is 19.8. The number of nitrogens with zero attached hydrogens (tertiary/aromatic N) is 3. The molecule has 4 heteroatoms. The molecule has 1 aliphatic rings. The molecule has 18 heavy (non-hydrogen) atoms. The van der Waals surface area contributed by atoms with E-state index in [1.807, 2.05) is 36.7 Å². The van der Waals surface area contributed by atoms with Gasteiger partial charge < -0.3 is 9.64 Å². The molecule has 0 radical (unpaired) electrons. The largest absolute Gasteiger partial charge is 0.368 e. The van der Waals surface area contributed by atoms with Gasteiger partial charge in [-0.3, -0.25) is 9.97 Å². The van der Waals surface area contributed by atoms with Crippen LogP contribution in [0.1, 0.15) is 11.8 Å². The number of ether oxygens (including phenoxy) is 1. The summed E-state index contributed by atoms with van der Waals surface area (Å²) in [6.45, 7) is 2.44. The molecule has 0 aromatic carbocycles. The van der Waals surface area contributed by atoms with E-state index in [1.54, 1.807) is 6.20 Å². The minimum atomic E-state index is 0.0418. The molecule has 0 unspecified atom stereocenters. The molecule has 0 amide bonds. The van der Waals surface area contributed by atoms with Crippen LogP contribution < -0.4 is 4.90 Å². The molecule has 1 fully saturated rings. The number of aromatic nitrogens is 2. The van der Waals surface area contributed by atoms with Gasteiger partial charge in [-0.15, -0.1) is 0 Å². The van der Waals surface area contributed by atoms with Gasteiger partial charge >= 0.3 is 0 Å². The number of hydrogen-bond acceptors (Lipinski definition) is 4. The smallest absolute Gasteiger partial charge is 0.117 e. The number of pyridine rings is 2. The lowest BCUT2D eigenvalue weighted by molar-refractivity contribution is 0.0370. The van der Waals surface area contributed by atoms with Crippen LogP contribution in [0.25, 0.3) is 0 Å². The molecular weight excluding hydrogens is 226 g/mol. The molecule has 0 bridgehead atoms. The predicted octanol–water partition coefficient (Wildman–Crippen LogP) is 2.05. The van der Waals surface area contributed by atoms with Crippen LogP contribution in [-0.4, -0.2) is 29.7 Å². The van der Waals surface area contributed by atoms with Crippen LogP contribution in [0.15, 0.2) is 48.9 Å². The van der Waals surface area contributed by atoms with Gasteiger partial charge in [0.05, 0.1) is 30.7 Å². The maximum absolute atomic E-state index is 5.79. The molecule has 4 nitrogen and oxygen atoms in total. The van der Waals surface area contributed by atoms with E-state index in [0.717, 1.165) is 31.1 Å². The molecule has 1 saturated heterocycles. The van der Waals surface area contributed by atoms with Gasteiger partial charge in [0.25, 0.3) is 0 Å². The second-order valence-corrected chi connectivity index (χ2v) is 4.27. The highest BCUT2D eigenvalue weighted by Crippen LogP contribution is 2.23. The Morgan fingerprint density at radius 2 is 2.17 bits per heavy atom. The third-order valence-electron chi connectivity index (χ3n) is 3.10. The zero-order chi connectivity index (χ0) is 12.2. The first-order valence-corrected chi connectivity index (χ1v) is 6.11. The second kappa shape index (κ2) is 5.14. The highest BCUT2D eigenvalue weighted by molar-refractivity contribution is 5.44. The average molecular weight is 241 g/mol. The first-order chi connectivity index (χ1) is 8.93. The summed E-state index contributed by atoms with van der Waals surface area (Å²) in [5.74, 6) is 0. The van der Waals surface area contributed by atoms with Crippen LogP contribution in [0, 0.1) is 0 Å². The van der Waals surface area contributed by atoms with Crippen molar-refractivity contribution in [1.29, 1.82) is 0 Å². The van der Waals surface area contributed by atoms with Crippen molar-refractivity contribution in [1.82, 2.24) is 9.97 Å². The highest BCUT2D eigenvalue weighted by atomic mass is 16.5. The van der Waals surface area contributed by atoms with E-state index >= 15 is 0 Å². The van der Waals surface area contributed by atoms with Gasteiger partial charge in [0.2, 0.25) is 0 Å². The van der Waals surface area contributed by atoms with Gasteiger partial charge in [0.15, 0.2) is 0 Å². The molecule has 3 rings (SSSR count). The van der Waals surface area contributed by atoms with Crippen molar-refractivity contribution >= 4 is 5.69 Å². The molecule has 1 atom stereocenters. The van der Waals surface area contributed by atoms with Gasteiger partial charge in [-0.1, -0.05) is 6.07 Å². The SMILES string of the molecule is c1ccc([C@@H]2CN(c3cccnc3)CCO2)nc1. The molecule has 92 valence electrons. The van der Waals surface area contributed by atoms with E-state index < -0.39 is 0 Å². The molecule has 1 aliphatic heterocycles. The summed E-state index contributed by atoms with van der Waals surface area (Å²) in [5, 5.41) is 0. The van der Waals surface area contributed by atoms with Crippen LogP contribution in [0.5, 0.6) is 0 Å². The van der Waals surface area contributed by atoms with Crippen LogP contribution in [0.3, 0.4) is 0 Å². The standard InChI is InChI=1S/C14H15N3O/c1-2-7-16-13(5-1)14-11-17(8-9-18-14)12-4-3-6-15-10-12/h1-7,10,14H,8-9,11H2/t14-/m0/s1. The quantitative estimate of drug-likeness (QED) is 0.806. The van der Waals surface area contributed by atoms with Crippen LogP contribution in [0.2, 0.25) is 0 Å². The molecular formula is C14H15N3O. The lowest BCUT2D eigenvalue weighted by atomic mass is 10.2. The average Bonchev–Trinajstić information content (AvgIpc) is 2.49. The van der Waals surface area contributed by atoms with E-state index in [9.17, 15) is 0 Å². The zero-order valence-corrected chi connectivity index (χ0v) is 10.1. The van der Waals surface area contributed by atoms with Gasteiger partial charge in [-0.05, 0) is 24.3 Å². The Morgan fingerprint density at radius 3 is 2.94 bits per heavy atom. The van der Waals surface area contributed by atoms with Gasteiger partial charge in [-0.2, -0.15) is 0 Å². The maximum Gasteiger partial charge on any atom is 0.117 e. The minimum absolute atomic E-state index is 0.0418. The molecule has 2 aromatic heterocycles. The molecule has 0 saturated carbocycles. The van der Waals surface area contributed by atoms with Crippen molar-refractivity contribution in [3.8, 4) is 0 Å². The summed E-state index contributed by atoms with van der Waals surface area (Å²) in [6.07, 6.45) is 5.53. The first kappa shape index (κ1) is 11.2.